The molecule has 0 fully saturated rings. The highest BCUT2D eigenvalue weighted by molar-refractivity contribution is 5.45. The number of nitrogens with one attached hydrogen (secondary N) is 1. The third kappa shape index (κ3) is 3.44. The fraction of sp³-hybridized carbons (Fsp3) is 0.400. The molecular weight excluding hydrogens is 162 g/mol. The van der Waals surface area contributed by atoms with Crippen molar-refractivity contribution in [1.82, 2.24) is 0 Å². The zero-order chi connectivity index (χ0) is 9.68. The van der Waals surface area contributed by atoms with Crippen LogP contribution in [0.2, 0.25) is 0 Å². The summed E-state index contributed by atoms with van der Waals surface area (Å²) < 4.78 is 0. The molecule has 0 amide bonds. The minimum absolute atomic E-state index is 0.168. The highest BCUT2D eigenvalue weighted by Crippen LogP contribution is 2.09. The van der Waals surface area contributed by atoms with Gasteiger partial charge in [0.2, 0.25) is 0 Å². The minimum atomic E-state index is 0.168. The average molecular weight is 179 g/mol. The fourth-order valence-electron chi connectivity index (χ4n) is 1.09. The number of rotatable bonds is 4. The predicted octanol–water partition coefficient (Wildman–Crippen LogP) is 0.904. The van der Waals surface area contributed by atoms with Gasteiger partial charge in [-0.25, -0.2) is 0 Å². The van der Waals surface area contributed by atoms with E-state index in [-0.39, 0.29) is 6.04 Å². The summed E-state index contributed by atoms with van der Waals surface area (Å²) in [5.41, 5.74) is 13.4. The van der Waals surface area contributed by atoms with Crippen molar-refractivity contribution in [2.24, 2.45) is 11.5 Å². The molecule has 1 atom stereocenters. The Balaban J connectivity index is 2.56. The molecule has 0 saturated heterocycles. The van der Waals surface area contributed by atoms with E-state index in [0.717, 1.165) is 17.8 Å². The van der Waals surface area contributed by atoms with Gasteiger partial charge in [-0.2, -0.15) is 0 Å². The first kappa shape index (κ1) is 10.0. The maximum atomic E-state index is 5.62. The third-order valence-electron chi connectivity index (χ3n) is 1.79. The summed E-state index contributed by atoms with van der Waals surface area (Å²) in [5, 5.41) is 3.24. The first-order valence-corrected chi connectivity index (χ1v) is 4.51. The summed E-state index contributed by atoms with van der Waals surface area (Å²) in [4.78, 5) is 0. The molecule has 1 unspecified atom stereocenters. The molecule has 0 radical (unpaired) electrons. The van der Waals surface area contributed by atoms with Gasteiger partial charge in [-0.1, -0.05) is 12.1 Å². The highest BCUT2D eigenvalue weighted by atomic mass is 14.9. The van der Waals surface area contributed by atoms with E-state index in [1.165, 1.54) is 0 Å². The second kappa shape index (κ2) is 4.84. The van der Waals surface area contributed by atoms with Gasteiger partial charge in [0, 0.05) is 24.8 Å². The molecular formula is C10H17N3. The van der Waals surface area contributed by atoms with Crippen molar-refractivity contribution < 1.29 is 0 Å². The van der Waals surface area contributed by atoms with Crippen LogP contribution in [-0.2, 0) is 6.54 Å². The Kier molecular flexibility index (Phi) is 3.73. The Bertz CT molecular complexity index is 258. The summed E-state index contributed by atoms with van der Waals surface area (Å²) in [6.07, 6.45) is 0. The Labute approximate surface area is 79.1 Å². The van der Waals surface area contributed by atoms with Crippen LogP contribution in [0.15, 0.2) is 24.3 Å². The van der Waals surface area contributed by atoms with E-state index < -0.39 is 0 Å². The fourth-order valence-corrected chi connectivity index (χ4v) is 1.09. The zero-order valence-electron chi connectivity index (χ0n) is 7.96. The lowest BCUT2D eigenvalue weighted by Gasteiger charge is -2.09. The lowest BCUT2D eigenvalue weighted by molar-refractivity contribution is 0.780. The maximum absolute atomic E-state index is 5.62. The maximum Gasteiger partial charge on any atom is 0.0343 e. The van der Waals surface area contributed by atoms with Crippen LogP contribution in [0.3, 0.4) is 0 Å². The van der Waals surface area contributed by atoms with Gasteiger partial charge in [0.25, 0.3) is 0 Å². The van der Waals surface area contributed by atoms with Crippen LogP contribution in [0.5, 0.6) is 0 Å². The van der Waals surface area contributed by atoms with Gasteiger partial charge < -0.3 is 16.8 Å². The largest absolute Gasteiger partial charge is 0.383 e. The molecule has 0 aromatic heterocycles. The van der Waals surface area contributed by atoms with Crippen LogP contribution in [0.1, 0.15) is 12.5 Å². The Hall–Kier alpha value is -1.06. The van der Waals surface area contributed by atoms with Gasteiger partial charge in [-0.05, 0) is 24.6 Å². The molecule has 0 aliphatic heterocycles. The van der Waals surface area contributed by atoms with Crippen LogP contribution in [0, 0.1) is 0 Å². The van der Waals surface area contributed by atoms with E-state index in [2.05, 4.69) is 5.32 Å². The van der Waals surface area contributed by atoms with E-state index in [4.69, 9.17) is 11.5 Å². The molecule has 1 aromatic rings. The normalized spacial score (nSPS) is 12.5. The summed E-state index contributed by atoms with van der Waals surface area (Å²) in [7, 11) is 0. The molecule has 5 N–H and O–H groups in total. The van der Waals surface area contributed by atoms with E-state index in [0.29, 0.717) is 6.54 Å². The molecule has 0 spiro atoms. The molecule has 72 valence electrons. The van der Waals surface area contributed by atoms with Crippen molar-refractivity contribution in [2.45, 2.75) is 19.5 Å². The Morgan fingerprint density at radius 2 is 2.23 bits per heavy atom. The van der Waals surface area contributed by atoms with E-state index in [1.807, 2.05) is 31.2 Å². The van der Waals surface area contributed by atoms with Gasteiger partial charge in [0.1, 0.15) is 0 Å². The second-order valence-electron chi connectivity index (χ2n) is 3.26. The first-order valence-electron chi connectivity index (χ1n) is 4.51. The van der Waals surface area contributed by atoms with Crippen LogP contribution in [-0.4, -0.2) is 12.6 Å². The molecule has 3 nitrogen and oxygen atoms in total. The van der Waals surface area contributed by atoms with Crippen molar-refractivity contribution in [3.8, 4) is 0 Å². The Morgan fingerprint density at radius 1 is 1.46 bits per heavy atom. The van der Waals surface area contributed by atoms with Gasteiger partial charge >= 0.3 is 0 Å². The number of benzene rings is 1. The number of hydrogen-bond donors (Lipinski definition) is 3. The average Bonchev–Trinajstić information content (AvgIpc) is 2.15. The third-order valence-corrected chi connectivity index (χ3v) is 1.79. The van der Waals surface area contributed by atoms with Gasteiger partial charge in [0.15, 0.2) is 0 Å². The molecule has 0 saturated carbocycles. The second-order valence-corrected chi connectivity index (χ2v) is 3.26. The topological polar surface area (TPSA) is 64.1 Å². The Morgan fingerprint density at radius 3 is 2.85 bits per heavy atom. The molecule has 1 rings (SSSR count). The number of anilines is 1. The quantitative estimate of drug-likeness (QED) is 0.643. The minimum Gasteiger partial charge on any atom is -0.383 e. The first-order chi connectivity index (χ1) is 6.22. The number of hydrogen-bond acceptors (Lipinski definition) is 3. The summed E-state index contributed by atoms with van der Waals surface area (Å²) >= 11 is 0. The standard InChI is InChI=1S/C10H17N3/c1-8(12)7-13-10-4-2-3-9(5-10)6-11/h2-5,8,13H,6-7,11-12H2,1H3. The summed E-state index contributed by atoms with van der Waals surface area (Å²) in [6, 6.07) is 8.23. The van der Waals surface area contributed by atoms with Crippen LogP contribution >= 0.6 is 0 Å². The summed E-state index contributed by atoms with van der Waals surface area (Å²) in [6.45, 7) is 3.33. The number of nitrogens with two attached hydrogens (primary N) is 2. The van der Waals surface area contributed by atoms with Crippen molar-refractivity contribution in [3.05, 3.63) is 29.8 Å². The smallest absolute Gasteiger partial charge is 0.0343 e. The van der Waals surface area contributed by atoms with Gasteiger partial charge in [-0.3, -0.25) is 0 Å². The van der Waals surface area contributed by atoms with Gasteiger partial charge in [-0.15, -0.1) is 0 Å². The van der Waals surface area contributed by atoms with E-state index in [1.54, 1.807) is 0 Å². The SMILES string of the molecule is CC(N)CNc1cccc(CN)c1. The van der Waals surface area contributed by atoms with E-state index in [9.17, 15) is 0 Å². The monoisotopic (exact) mass is 179 g/mol. The molecule has 13 heavy (non-hydrogen) atoms. The lowest BCUT2D eigenvalue weighted by Crippen LogP contribution is -2.25. The van der Waals surface area contributed by atoms with Crippen LogP contribution in [0.25, 0.3) is 0 Å². The predicted molar refractivity (Wildman–Crippen MR) is 56.5 cm³/mol. The van der Waals surface area contributed by atoms with E-state index >= 15 is 0 Å². The molecule has 0 aliphatic carbocycles. The zero-order valence-corrected chi connectivity index (χ0v) is 7.96. The van der Waals surface area contributed by atoms with Crippen molar-refractivity contribution in [3.63, 3.8) is 0 Å². The lowest BCUT2D eigenvalue weighted by atomic mass is 10.2. The van der Waals surface area contributed by atoms with Gasteiger partial charge in [0.05, 0.1) is 0 Å². The molecule has 0 aliphatic rings. The highest BCUT2D eigenvalue weighted by Gasteiger charge is 1.95. The van der Waals surface area contributed by atoms with Crippen LogP contribution < -0.4 is 16.8 Å². The van der Waals surface area contributed by atoms with Crippen molar-refractivity contribution >= 4 is 5.69 Å². The molecule has 1 aromatic carbocycles. The molecule has 3 heteroatoms. The van der Waals surface area contributed by atoms with Crippen LogP contribution in [0.4, 0.5) is 5.69 Å². The summed E-state index contributed by atoms with van der Waals surface area (Å²) in [5.74, 6) is 0. The molecule has 0 heterocycles. The van der Waals surface area contributed by atoms with Crippen molar-refractivity contribution in [2.75, 3.05) is 11.9 Å². The van der Waals surface area contributed by atoms with Crippen molar-refractivity contribution in [1.29, 1.82) is 0 Å². The molecule has 0 bridgehead atoms.